The zero-order valence-electron chi connectivity index (χ0n) is 16.7. The Morgan fingerprint density at radius 2 is 2.07 bits per heavy atom. The van der Waals surface area contributed by atoms with Crippen LogP contribution in [-0.2, 0) is 6.42 Å². The number of thiophene rings is 1. The fourth-order valence-corrected chi connectivity index (χ4v) is 5.09. The van der Waals surface area contributed by atoms with E-state index in [1.54, 1.807) is 12.7 Å². The molecule has 6 nitrogen and oxygen atoms in total. The molecule has 0 spiro atoms. The van der Waals surface area contributed by atoms with Gasteiger partial charge in [0.25, 0.3) is 0 Å². The van der Waals surface area contributed by atoms with Crippen molar-refractivity contribution in [2.24, 2.45) is 0 Å². The van der Waals surface area contributed by atoms with Gasteiger partial charge in [0, 0.05) is 48.5 Å². The number of nitrogens with one attached hydrogen (secondary N) is 1. The number of nitrogens with zero attached hydrogens (tertiary/aromatic N) is 5. The molecule has 0 bridgehead atoms. The lowest BCUT2D eigenvalue weighted by Crippen LogP contribution is -2.52. The summed E-state index contributed by atoms with van der Waals surface area (Å²) in [7, 11) is 0. The second-order valence-electron chi connectivity index (χ2n) is 7.80. The number of hydrogen-bond donors (Lipinski definition) is 1. The Morgan fingerprint density at radius 3 is 2.86 bits per heavy atom. The van der Waals surface area contributed by atoms with Crippen molar-refractivity contribution in [1.29, 1.82) is 0 Å². The molecule has 1 fully saturated rings. The lowest BCUT2D eigenvalue weighted by molar-refractivity contribution is 0.188. The van der Waals surface area contributed by atoms with E-state index in [9.17, 15) is 0 Å². The SMILES string of the molecule is CC1CN(c2cccs2)CCN1CCCc1c[nH]c2ccc(-n3cnnc3)cc12. The average molecular weight is 407 g/mol. The minimum Gasteiger partial charge on any atom is -0.361 e. The van der Waals surface area contributed by atoms with Crippen molar-refractivity contribution in [3.05, 3.63) is 60.1 Å². The van der Waals surface area contributed by atoms with Gasteiger partial charge in [0.1, 0.15) is 12.7 Å². The summed E-state index contributed by atoms with van der Waals surface area (Å²) in [6.45, 7) is 6.90. The van der Waals surface area contributed by atoms with Gasteiger partial charge in [-0.05, 0) is 67.6 Å². The maximum atomic E-state index is 3.92. The normalized spacial score (nSPS) is 18.0. The van der Waals surface area contributed by atoms with Gasteiger partial charge in [-0.25, -0.2) is 0 Å². The molecule has 5 rings (SSSR count). The standard InChI is InChI=1S/C22H26N6S/c1-17-14-27(22-5-3-11-29-22)10-9-26(17)8-2-4-18-13-23-21-7-6-19(12-20(18)21)28-15-24-25-16-28/h3,5-7,11-13,15-17,23H,2,4,8-10,14H2,1H3. The van der Waals surface area contributed by atoms with Crippen LogP contribution < -0.4 is 4.90 Å². The fraction of sp³-hybridized carbons (Fsp3) is 0.364. The number of aryl methyl sites for hydroxylation is 1. The molecule has 7 heteroatoms. The van der Waals surface area contributed by atoms with E-state index < -0.39 is 0 Å². The quantitative estimate of drug-likeness (QED) is 0.527. The molecule has 0 saturated carbocycles. The summed E-state index contributed by atoms with van der Waals surface area (Å²) in [6.07, 6.45) is 7.91. The van der Waals surface area contributed by atoms with Crippen LogP contribution in [0, 0.1) is 0 Å². The van der Waals surface area contributed by atoms with Crippen molar-refractivity contribution < 1.29 is 0 Å². The second-order valence-corrected chi connectivity index (χ2v) is 8.72. The molecule has 0 amide bonds. The highest BCUT2D eigenvalue weighted by atomic mass is 32.1. The van der Waals surface area contributed by atoms with Gasteiger partial charge in [0.05, 0.1) is 5.00 Å². The molecule has 3 aromatic heterocycles. The van der Waals surface area contributed by atoms with Crippen molar-refractivity contribution in [3.8, 4) is 5.69 Å². The number of hydrogen-bond acceptors (Lipinski definition) is 5. The molecule has 29 heavy (non-hydrogen) atoms. The van der Waals surface area contributed by atoms with Gasteiger partial charge in [0.15, 0.2) is 0 Å². The van der Waals surface area contributed by atoms with Gasteiger partial charge < -0.3 is 9.88 Å². The highest BCUT2D eigenvalue weighted by molar-refractivity contribution is 7.14. The summed E-state index contributed by atoms with van der Waals surface area (Å²) in [5.41, 5.74) is 3.68. The Bertz CT molecular complexity index is 1050. The van der Waals surface area contributed by atoms with Crippen LogP contribution in [-0.4, -0.2) is 56.9 Å². The van der Waals surface area contributed by atoms with Gasteiger partial charge >= 0.3 is 0 Å². The molecule has 1 aromatic carbocycles. The first-order valence-corrected chi connectivity index (χ1v) is 11.1. The number of benzene rings is 1. The minimum atomic E-state index is 0.592. The highest BCUT2D eigenvalue weighted by Crippen LogP contribution is 2.25. The van der Waals surface area contributed by atoms with Crippen molar-refractivity contribution in [3.63, 3.8) is 0 Å². The number of H-pyrrole nitrogens is 1. The lowest BCUT2D eigenvalue weighted by atomic mass is 10.1. The van der Waals surface area contributed by atoms with Gasteiger partial charge in [0.2, 0.25) is 0 Å². The van der Waals surface area contributed by atoms with E-state index in [-0.39, 0.29) is 0 Å². The lowest BCUT2D eigenvalue weighted by Gasteiger charge is -2.40. The Balaban J connectivity index is 1.21. The molecular weight excluding hydrogens is 380 g/mol. The maximum Gasteiger partial charge on any atom is 0.123 e. The van der Waals surface area contributed by atoms with E-state index in [1.807, 2.05) is 15.9 Å². The molecule has 0 radical (unpaired) electrons. The summed E-state index contributed by atoms with van der Waals surface area (Å²) in [4.78, 5) is 8.59. The fourth-order valence-electron chi connectivity index (χ4n) is 4.32. The molecule has 1 aliphatic rings. The predicted octanol–water partition coefficient (Wildman–Crippen LogP) is 3.95. The monoisotopic (exact) mass is 406 g/mol. The van der Waals surface area contributed by atoms with E-state index in [4.69, 9.17) is 0 Å². The van der Waals surface area contributed by atoms with Crippen molar-refractivity contribution in [2.45, 2.75) is 25.8 Å². The zero-order chi connectivity index (χ0) is 19.6. The number of rotatable bonds is 6. The minimum absolute atomic E-state index is 0.592. The number of aromatic nitrogens is 4. The molecule has 1 N–H and O–H groups in total. The van der Waals surface area contributed by atoms with E-state index in [0.29, 0.717) is 6.04 Å². The summed E-state index contributed by atoms with van der Waals surface area (Å²) < 4.78 is 1.95. The van der Waals surface area contributed by atoms with Crippen LogP contribution in [0.5, 0.6) is 0 Å². The van der Waals surface area contributed by atoms with E-state index >= 15 is 0 Å². The Kier molecular flexibility index (Phi) is 5.08. The van der Waals surface area contributed by atoms with Gasteiger partial charge in [-0.2, -0.15) is 0 Å². The molecule has 1 atom stereocenters. The molecule has 1 unspecified atom stereocenters. The Morgan fingerprint density at radius 1 is 1.17 bits per heavy atom. The molecule has 150 valence electrons. The zero-order valence-corrected chi connectivity index (χ0v) is 17.5. The predicted molar refractivity (Wildman–Crippen MR) is 119 cm³/mol. The number of anilines is 1. The topological polar surface area (TPSA) is 53.0 Å². The Labute approximate surface area is 174 Å². The van der Waals surface area contributed by atoms with Crippen LogP contribution in [0.15, 0.2) is 54.6 Å². The first-order chi connectivity index (χ1) is 14.3. The maximum absolute atomic E-state index is 3.92. The average Bonchev–Trinajstić information content (AvgIpc) is 3.51. The van der Waals surface area contributed by atoms with Gasteiger partial charge in [-0.1, -0.05) is 0 Å². The summed E-state index contributed by atoms with van der Waals surface area (Å²) in [5, 5.41) is 12.7. The van der Waals surface area contributed by atoms with Gasteiger partial charge in [-0.3, -0.25) is 9.47 Å². The molecular formula is C22H26N6S. The Hall–Kier alpha value is -2.64. The van der Waals surface area contributed by atoms with Crippen LogP contribution in [0.2, 0.25) is 0 Å². The van der Waals surface area contributed by atoms with Crippen LogP contribution in [0.4, 0.5) is 5.00 Å². The van der Waals surface area contributed by atoms with Crippen LogP contribution >= 0.6 is 11.3 Å². The number of aromatic amines is 1. The smallest absolute Gasteiger partial charge is 0.123 e. The summed E-state index contributed by atoms with van der Waals surface area (Å²) in [6, 6.07) is 11.4. The second kappa shape index (κ2) is 8.00. The molecule has 0 aliphatic carbocycles. The summed E-state index contributed by atoms with van der Waals surface area (Å²) >= 11 is 1.84. The highest BCUT2D eigenvalue weighted by Gasteiger charge is 2.23. The molecule has 4 aromatic rings. The van der Waals surface area contributed by atoms with Gasteiger partial charge in [-0.15, -0.1) is 21.5 Å². The van der Waals surface area contributed by atoms with Crippen LogP contribution in [0.1, 0.15) is 18.9 Å². The van der Waals surface area contributed by atoms with Crippen LogP contribution in [0.3, 0.4) is 0 Å². The molecule has 1 saturated heterocycles. The number of fused-ring (bicyclic) bond motifs is 1. The third-order valence-corrected chi connectivity index (χ3v) is 6.87. The first-order valence-electron chi connectivity index (χ1n) is 10.3. The van der Waals surface area contributed by atoms with E-state index in [0.717, 1.165) is 38.3 Å². The van der Waals surface area contributed by atoms with E-state index in [1.165, 1.54) is 27.9 Å². The first kappa shape index (κ1) is 18.4. The van der Waals surface area contributed by atoms with Crippen LogP contribution in [0.25, 0.3) is 16.6 Å². The van der Waals surface area contributed by atoms with Crippen molar-refractivity contribution in [2.75, 3.05) is 31.1 Å². The summed E-state index contributed by atoms with van der Waals surface area (Å²) in [5.74, 6) is 0. The molecule has 1 aliphatic heterocycles. The van der Waals surface area contributed by atoms with Crippen molar-refractivity contribution in [1.82, 2.24) is 24.6 Å². The third kappa shape index (κ3) is 3.80. The van der Waals surface area contributed by atoms with E-state index in [2.05, 4.69) is 73.8 Å². The molecule has 4 heterocycles. The van der Waals surface area contributed by atoms with Crippen molar-refractivity contribution >= 4 is 27.2 Å². The number of piperazine rings is 1. The third-order valence-electron chi connectivity index (χ3n) is 5.94. The largest absolute Gasteiger partial charge is 0.361 e.